The quantitative estimate of drug-likeness (QED) is 0.663. The van der Waals surface area contributed by atoms with Gasteiger partial charge in [-0.2, -0.15) is 0 Å². The van der Waals surface area contributed by atoms with E-state index < -0.39 is 0 Å². The molecule has 0 bridgehead atoms. The van der Waals surface area contributed by atoms with Gasteiger partial charge in [0.2, 0.25) is 0 Å². The second kappa shape index (κ2) is 3.34. The molecule has 0 atom stereocenters. The summed E-state index contributed by atoms with van der Waals surface area (Å²) < 4.78 is 0. The Balaban J connectivity index is 2.28. The van der Waals surface area contributed by atoms with Gasteiger partial charge in [0.15, 0.2) is 0 Å². The number of hydrogen-bond donors (Lipinski definition) is 0. The minimum Gasteiger partial charge on any atom is -0.0843 e. The summed E-state index contributed by atoms with van der Waals surface area (Å²) in [5.74, 6) is 0. The van der Waals surface area contributed by atoms with Gasteiger partial charge in [0, 0.05) is 5.02 Å². The van der Waals surface area contributed by atoms with E-state index in [4.69, 9.17) is 11.6 Å². The molecule has 13 heavy (non-hydrogen) atoms. The molecule has 2 rings (SSSR count). The third kappa shape index (κ3) is 1.48. The van der Waals surface area contributed by atoms with Gasteiger partial charge in [-0.25, -0.2) is 0 Å². The largest absolute Gasteiger partial charge is 0.0843 e. The first kappa shape index (κ1) is 9.08. The van der Waals surface area contributed by atoms with Gasteiger partial charge < -0.3 is 0 Å². The van der Waals surface area contributed by atoms with E-state index in [1.807, 2.05) is 12.1 Å². The predicted octanol–water partition coefficient (Wildman–Crippen LogP) is 4.17. The van der Waals surface area contributed by atoms with Crippen molar-refractivity contribution in [2.24, 2.45) is 0 Å². The number of halogens is 1. The molecule has 0 spiro atoms. The summed E-state index contributed by atoms with van der Waals surface area (Å²) >= 11 is 5.87. The smallest absolute Gasteiger partial charge is 0.0406 e. The van der Waals surface area contributed by atoms with Crippen molar-refractivity contribution in [1.82, 2.24) is 0 Å². The van der Waals surface area contributed by atoms with Crippen LogP contribution >= 0.6 is 11.6 Å². The second-order valence-corrected chi connectivity index (χ2v) is 4.43. The van der Waals surface area contributed by atoms with Crippen LogP contribution in [-0.2, 0) is 5.41 Å². The van der Waals surface area contributed by atoms with Crippen LogP contribution in [0, 0.1) is 0 Å². The fraction of sp³-hybridized carbons (Fsp3) is 0.500. The molecule has 0 radical (unpaired) electrons. The zero-order valence-electron chi connectivity index (χ0n) is 8.02. The van der Waals surface area contributed by atoms with Crippen molar-refractivity contribution in [3.63, 3.8) is 0 Å². The Bertz CT molecular complexity index is 277. The van der Waals surface area contributed by atoms with E-state index in [9.17, 15) is 0 Å². The molecule has 0 unspecified atom stereocenters. The standard InChI is InChI=1S/C12H15Cl/c1-2-12(8-3-9-12)10-4-6-11(13)7-5-10/h4-7H,2-3,8-9H2,1H3. The molecule has 0 N–H and O–H groups in total. The Labute approximate surface area is 84.9 Å². The van der Waals surface area contributed by atoms with Gasteiger partial charge >= 0.3 is 0 Å². The molecule has 1 aliphatic rings. The van der Waals surface area contributed by atoms with Crippen molar-refractivity contribution >= 4 is 11.6 Å². The summed E-state index contributed by atoms with van der Waals surface area (Å²) in [6.45, 7) is 2.29. The fourth-order valence-corrected chi connectivity index (χ4v) is 2.38. The maximum Gasteiger partial charge on any atom is 0.0406 e. The van der Waals surface area contributed by atoms with Gasteiger partial charge in [0.25, 0.3) is 0 Å². The van der Waals surface area contributed by atoms with Gasteiger partial charge in [-0.05, 0) is 42.4 Å². The highest BCUT2D eigenvalue weighted by atomic mass is 35.5. The molecule has 70 valence electrons. The highest BCUT2D eigenvalue weighted by Crippen LogP contribution is 2.46. The Morgan fingerprint density at radius 2 is 1.85 bits per heavy atom. The zero-order chi connectivity index (χ0) is 9.31. The van der Waals surface area contributed by atoms with Crippen molar-refractivity contribution in [3.05, 3.63) is 34.9 Å². The SMILES string of the molecule is CCC1(c2ccc(Cl)cc2)CCC1. The number of rotatable bonds is 2. The molecular formula is C12H15Cl. The summed E-state index contributed by atoms with van der Waals surface area (Å²) in [6.07, 6.45) is 5.35. The third-order valence-corrected chi connectivity index (χ3v) is 3.70. The average Bonchev–Trinajstić information content (AvgIpc) is 2.07. The molecule has 0 saturated heterocycles. The van der Waals surface area contributed by atoms with Crippen LogP contribution in [0.25, 0.3) is 0 Å². The van der Waals surface area contributed by atoms with Crippen LogP contribution in [-0.4, -0.2) is 0 Å². The van der Waals surface area contributed by atoms with E-state index in [0.717, 1.165) is 5.02 Å². The highest BCUT2D eigenvalue weighted by molar-refractivity contribution is 6.30. The Kier molecular flexibility index (Phi) is 2.33. The maximum atomic E-state index is 5.87. The molecule has 0 amide bonds. The topological polar surface area (TPSA) is 0 Å². The summed E-state index contributed by atoms with van der Waals surface area (Å²) in [6, 6.07) is 8.38. The lowest BCUT2D eigenvalue weighted by Gasteiger charge is -2.42. The Morgan fingerprint density at radius 1 is 1.23 bits per heavy atom. The van der Waals surface area contributed by atoms with Crippen molar-refractivity contribution in [2.45, 2.75) is 38.0 Å². The normalized spacial score (nSPS) is 19.5. The predicted molar refractivity (Wildman–Crippen MR) is 57.3 cm³/mol. The zero-order valence-corrected chi connectivity index (χ0v) is 8.77. The van der Waals surface area contributed by atoms with E-state index in [2.05, 4.69) is 19.1 Å². The first-order valence-electron chi connectivity index (χ1n) is 5.03. The van der Waals surface area contributed by atoms with Crippen molar-refractivity contribution in [2.75, 3.05) is 0 Å². The minimum absolute atomic E-state index is 0.491. The van der Waals surface area contributed by atoms with Gasteiger partial charge in [-0.15, -0.1) is 0 Å². The molecule has 1 saturated carbocycles. The average molecular weight is 195 g/mol. The van der Waals surface area contributed by atoms with Crippen LogP contribution in [0.15, 0.2) is 24.3 Å². The molecule has 0 nitrogen and oxygen atoms in total. The van der Waals surface area contributed by atoms with Crippen LogP contribution in [0.4, 0.5) is 0 Å². The summed E-state index contributed by atoms with van der Waals surface area (Å²) in [4.78, 5) is 0. The number of benzene rings is 1. The van der Waals surface area contributed by atoms with Gasteiger partial charge in [0.05, 0.1) is 0 Å². The van der Waals surface area contributed by atoms with Gasteiger partial charge in [0.1, 0.15) is 0 Å². The maximum absolute atomic E-state index is 5.87. The highest BCUT2D eigenvalue weighted by Gasteiger charge is 2.36. The lowest BCUT2D eigenvalue weighted by molar-refractivity contribution is 0.235. The van der Waals surface area contributed by atoms with Crippen LogP contribution < -0.4 is 0 Å². The molecule has 1 aromatic rings. The summed E-state index contributed by atoms with van der Waals surface area (Å²) in [7, 11) is 0. The third-order valence-electron chi connectivity index (χ3n) is 3.44. The first-order valence-corrected chi connectivity index (χ1v) is 5.41. The second-order valence-electron chi connectivity index (χ2n) is 3.99. The van der Waals surface area contributed by atoms with E-state index in [1.165, 1.54) is 31.2 Å². The first-order chi connectivity index (χ1) is 6.27. The molecule has 0 aliphatic heterocycles. The molecule has 1 fully saturated rings. The molecular weight excluding hydrogens is 180 g/mol. The monoisotopic (exact) mass is 194 g/mol. The minimum atomic E-state index is 0.491. The van der Waals surface area contributed by atoms with Gasteiger partial charge in [-0.1, -0.05) is 37.1 Å². The van der Waals surface area contributed by atoms with Crippen LogP contribution in [0.5, 0.6) is 0 Å². The van der Waals surface area contributed by atoms with Crippen LogP contribution in [0.2, 0.25) is 5.02 Å². The van der Waals surface area contributed by atoms with E-state index in [0.29, 0.717) is 5.41 Å². The molecule has 1 aliphatic carbocycles. The van der Waals surface area contributed by atoms with Crippen LogP contribution in [0.1, 0.15) is 38.2 Å². The van der Waals surface area contributed by atoms with Crippen LogP contribution in [0.3, 0.4) is 0 Å². The lowest BCUT2D eigenvalue weighted by Crippen LogP contribution is -2.33. The molecule has 1 heteroatoms. The van der Waals surface area contributed by atoms with E-state index in [1.54, 1.807) is 0 Å². The molecule has 1 aromatic carbocycles. The summed E-state index contributed by atoms with van der Waals surface area (Å²) in [5.41, 5.74) is 1.97. The summed E-state index contributed by atoms with van der Waals surface area (Å²) in [5, 5.41) is 0.842. The molecule has 0 aromatic heterocycles. The number of hydrogen-bond acceptors (Lipinski definition) is 0. The molecule has 0 heterocycles. The Hall–Kier alpha value is -0.490. The Morgan fingerprint density at radius 3 is 2.23 bits per heavy atom. The van der Waals surface area contributed by atoms with E-state index >= 15 is 0 Å². The fourth-order valence-electron chi connectivity index (χ4n) is 2.25. The van der Waals surface area contributed by atoms with Crippen molar-refractivity contribution in [3.8, 4) is 0 Å². The van der Waals surface area contributed by atoms with E-state index in [-0.39, 0.29) is 0 Å². The van der Waals surface area contributed by atoms with Crippen molar-refractivity contribution < 1.29 is 0 Å². The van der Waals surface area contributed by atoms with Crippen molar-refractivity contribution in [1.29, 1.82) is 0 Å². The lowest BCUT2D eigenvalue weighted by atomic mass is 9.63. The van der Waals surface area contributed by atoms with Gasteiger partial charge in [-0.3, -0.25) is 0 Å².